The maximum Gasteiger partial charge on any atom is 0.245 e. The molecule has 5 nitrogen and oxygen atoms in total. The van der Waals surface area contributed by atoms with E-state index in [0.717, 1.165) is 24.9 Å². The predicted octanol–water partition coefficient (Wildman–Crippen LogP) is 1.10. The van der Waals surface area contributed by atoms with Crippen molar-refractivity contribution >= 4 is 10.0 Å². The molecule has 3 rings (SSSR count). The fourth-order valence-electron chi connectivity index (χ4n) is 2.97. The van der Waals surface area contributed by atoms with E-state index < -0.39 is 15.7 Å². The van der Waals surface area contributed by atoms with Crippen LogP contribution in [0.4, 0.5) is 0 Å². The summed E-state index contributed by atoms with van der Waals surface area (Å²) in [6, 6.07) is 7.01. The Morgan fingerprint density at radius 3 is 2.70 bits per heavy atom. The van der Waals surface area contributed by atoms with Crippen molar-refractivity contribution in [3.63, 3.8) is 0 Å². The van der Waals surface area contributed by atoms with Gasteiger partial charge in [0.1, 0.15) is 5.72 Å². The Bertz CT molecular complexity index is 577. The predicted molar refractivity (Wildman–Crippen MR) is 75.9 cm³/mol. The lowest BCUT2D eigenvalue weighted by Crippen LogP contribution is -2.56. The van der Waals surface area contributed by atoms with Gasteiger partial charge in [0.15, 0.2) is 0 Å². The highest BCUT2D eigenvalue weighted by atomic mass is 32.2. The normalized spacial score (nSPS) is 28.1. The molecule has 0 bridgehead atoms. The molecule has 2 aliphatic heterocycles. The number of nitrogens with one attached hydrogen (secondary N) is 1. The van der Waals surface area contributed by atoms with Crippen LogP contribution in [0.2, 0.25) is 0 Å². The van der Waals surface area contributed by atoms with Crippen LogP contribution in [0.25, 0.3) is 0 Å². The summed E-state index contributed by atoms with van der Waals surface area (Å²) in [4.78, 5) is 0.346. The van der Waals surface area contributed by atoms with Crippen LogP contribution >= 0.6 is 0 Å². The van der Waals surface area contributed by atoms with E-state index in [2.05, 4.69) is 5.32 Å². The molecule has 2 saturated heterocycles. The van der Waals surface area contributed by atoms with Crippen molar-refractivity contribution in [2.24, 2.45) is 0 Å². The second-order valence-corrected chi connectivity index (χ2v) is 7.33. The van der Waals surface area contributed by atoms with Gasteiger partial charge >= 0.3 is 0 Å². The Kier molecular flexibility index (Phi) is 3.58. The van der Waals surface area contributed by atoms with E-state index in [1.807, 2.05) is 19.1 Å². The van der Waals surface area contributed by atoms with E-state index in [9.17, 15) is 8.42 Å². The minimum Gasteiger partial charge on any atom is -0.357 e. The van der Waals surface area contributed by atoms with Gasteiger partial charge in [-0.25, -0.2) is 8.42 Å². The summed E-state index contributed by atoms with van der Waals surface area (Å²) in [7, 11) is -3.50. The van der Waals surface area contributed by atoms with Crippen LogP contribution in [0, 0.1) is 6.92 Å². The minimum absolute atomic E-state index is 0.346. The molecule has 1 aromatic rings. The summed E-state index contributed by atoms with van der Waals surface area (Å²) in [5.41, 5.74) is 0.359. The summed E-state index contributed by atoms with van der Waals surface area (Å²) in [6.07, 6.45) is 1.69. The minimum atomic E-state index is -3.50. The highest BCUT2D eigenvalue weighted by Crippen LogP contribution is 2.34. The lowest BCUT2D eigenvalue weighted by Gasteiger charge is -2.39. The molecular weight excluding hydrogens is 276 g/mol. The van der Waals surface area contributed by atoms with Crippen molar-refractivity contribution in [1.29, 1.82) is 0 Å². The highest BCUT2D eigenvalue weighted by Gasteiger charge is 2.49. The number of piperidine rings is 1. The molecule has 1 N–H and O–H groups in total. The van der Waals surface area contributed by atoms with Gasteiger partial charge in [-0.15, -0.1) is 0 Å². The SMILES string of the molecule is Cc1ccc(S(=O)(=O)N2CCOC23CCCNC3)cc1. The van der Waals surface area contributed by atoms with Crippen molar-refractivity contribution in [2.45, 2.75) is 30.4 Å². The average molecular weight is 296 g/mol. The van der Waals surface area contributed by atoms with Gasteiger partial charge in [0.05, 0.1) is 11.5 Å². The van der Waals surface area contributed by atoms with E-state index in [-0.39, 0.29) is 0 Å². The zero-order chi connectivity index (χ0) is 14.2. The Hall–Kier alpha value is -0.950. The molecule has 1 aromatic carbocycles. The van der Waals surface area contributed by atoms with Gasteiger partial charge in [0, 0.05) is 13.1 Å². The maximum atomic E-state index is 12.8. The number of rotatable bonds is 2. The molecule has 0 aromatic heterocycles. The van der Waals surface area contributed by atoms with Gasteiger partial charge in [-0.3, -0.25) is 0 Å². The van der Waals surface area contributed by atoms with Crippen molar-refractivity contribution in [1.82, 2.24) is 9.62 Å². The number of benzene rings is 1. The topological polar surface area (TPSA) is 58.6 Å². The quantitative estimate of drug-likeness (QED) is 0.888. The maximum absolute atomic E-state index is 12.8. The molecule has 0 aliphatic carbocycles. The van der Waals surface area contributed by atoms with Gasteiger partial charge in [-0.2, -0.15) is 4.31 Å². The monoisotopic (exact) mass is 296 g/mol. The Labute approximate surface area is 120 Å². The van der Waals surface area contributed by atoms with Crippen LogP contribution in [-0.4, -0.2) is 44.7 Å². The first kappa shape index (κ1) is 14.0. The second kappa shape index (κ2) is 5.11. The number of nitrogens with zero attached hydrogens (tertiary/aromatic N) is 1. The lowest BCUT2D eigenvalue weighted by molar-refractivity contribution is -0.0646. The van der Waals surface area contributed by atoms with Crippen LogP contribution in [-0.2, 0) is 14.8 Å². The Balaban J connectivity index is 1.95. The van der Waals surface area contributed by atoms with Crippen molar-refractivity contribution in [2.75, 3.05) is 26.2 Å². The summed E-state index contributed by atoms with van der Waals surface area (Å²) >= 11 is 0. The van der Waals surface area contributed by atoms with Crippen LogP contribution in [0.1, 0.15) is 18.4 Å². The number of sulfonamides is 1. The molecule has 2 heterocycles. The third-order valence-electron chi connectivity index (χ3n) is 4.05. The smallest absolute Gasteiger partial charge is 0.245 e. The van der Waals surface area contributed by atoms with Gasteiger partial charge in [0.25, 0.3) is 0 Å². The molecule has 20 heavy (non-hydrogen) atoms. The Morgan fingerprint density at radius 2 is 2.05 bits per heavy atom. The molecule has 1 unspecified atom stereocenters. The largest absolute Gasteiger partial charge is 0.357 e. The molecule has 6 heteroatoms. The molecule has 2 aliphatic rings. The molecular formula is C14H20N2O3S. The van der Waals surface area contributed by atoms with Gasteiger partial charge < -0.3 is 10.1 Å². The van der Waals surface area contributed by atoms with Gasteiger partial charge in [-0.05, 0) is 38.4 Å². The molecule has 0 radical (unpaired) electrons. The standard InChI is InChI=1S/C14H20N2O3S/c1-12-3-5-13(6-4-12)20(17,18)16-9-10-19-14(16)7-2-8-15-11-14/h3-6,15H,2,7-11H2,1H3. The third kappa shape index (κ3) is 2.26. The van der Waals surface area contributed by atoms with Gasteiger partial charge in [-0.1, -0.05) is 17.7 Å². The summed E-state index contributed by atoms with van der Waals surface area (Å²) in [5, 5.41) is 3.25. The number of hydrogen-bond acceptors (Lipinski definition) is 4. The van der Waals surface area contributed by atoms with Crippen molar-refractivity contribution < 1.29 is 13.2 Å². The van der Waals surface area contributed by atoms with Crippen molar-refractivity contribution in [3.8, 4) is 0 Å². The molecule has 2 fully saturated rings. The van der Waals surface area contributed by atoms with E-state index in [0.29, 0.717) is 24.6 Å². The lowest BCUT2D eigenvalue weighted by atomic mass is 10.0. The second-order valence-electron chi connectivity index (χ2n) is 5.47. The van der Waals surface area contributed by atoms with Crippen LogP contribution in [0.3, 0.4) is 0 Å². The fourth-order valence-corrected chi connectivity index (χ4v) is 4.66. The van der Waals surface area contributed by atoms with Crippen LogP contribution < -0.4 is 5.32 Å². The molecule has 1 spiro atoms. The van der Waals surface area contributed by atoms with Crippen molar-refractivity contribution in [3.05, 3.63) is 29.8 Å². The number of aryl methyl sites for hydroxylation is 1. The Morgan fingerprint density at radius 1 is 1.30 bits per heavy atom. The number of ether oxygens (including phenoxy) is 1. The zero-order valence-corrected chi connectivity index (χ0v) is 12.4. The average Bonchev–Trinajstić information content (AvgIpc) is 2.84. The number of hydrogen-bond donors (Lipinski definition) is 1. The van der Waals surface area contributed by atoms with Crippen LogP contribution in [0.15, 0.2) is 29.2 Å². The molecule has 110 valence electrons. The molecule has 0 amide bonds. The van der Waals surface area contributed by atoms with Crippen LogP contribution in [0.5, 0.6) is 0 Å². The first-order chi connectivity index (χ1) is 9.55. The highest BCUT2D eigenvalue weighted by molar-refractivity contribution is 7.89. The summed E-state index contributed by atoms with van der Waals surface area (Å²) < 4.78 is 33.0. The van der Waals surface area contributed by atoms with E-state index in [1.165, 1.54) is 4.31 Å². The summed E-state index contributed by atoms with van der Waals surface area (Å²) in [5.74, 6) is 0. The first-order valence-corrected chi connectivity index (χ1v) is 8.43. The molecule has 0 saturated carbocycles. The van der Waals surface area contributed by atoms with E-state index in [1.54, 1.807) is 12.1 Å². The third-order valence-corrected chi connectivity index (χ3v) is 6.01. The zero-order valence-electron chi connectivity index (χ0n) is 11.6. The summed E-state index contributed by atoms with van der Waals surface area (Å²) in [6.45, 7) is 4.33. The molecule has 1 atom stereocenters. The van der Waals surface area contributed by atoms with E-state index >= 15 is 0 Å². The fraction of sp³-hybridized carbons (Fsp3) is 0.571. The first-order valence-electron chi connectivity index (χ1n) is 6.99. The van der Waals surface area contributed by atoms with E-state index in [4.69, 9.17) is 4.74 Å². The van der Waals surface area contributed by atoms with Gasteiger partial charge in [0.2, 0.25) is 10.0 Å².